The zero-order valence-corrected chi connectivity index (χ0v) is 16.4. The monoisotopic (exact) mass is 383 g/mol. The molecule has 1 amide bonds. The number of pyridine rings is 1. The summed E-state index contributed by atoms with van der Waals surface area (Å²) in [5.41, 5.74) is 6.89. The van der Waals surface area contributed by atoms with Gasteiger partial charge < -0.3 is 20.6 Å². The number of piperidine rings is 1. The van der Waals surface area contributed by atoms with E-state index in [4.69, 9.17) is 5.73 Å². The van der Waals surface area contributed by atoms with E-state index >= 15 is 0 Å². The molecule has 7 nitrogen and oxygen atoms in total. The van der Waals surface area contributed by atoms with Crippen molar-refractivity contribution in [2.75, 3.05) is 31.1 Å². The topological polar surface area (TPSA) is 106 Å². The highest BCUT2D eigenvalue weighted by atomic mass is 16.3. The Morgan fingerprint density at radius 1 is 1.29 bits per heavy atom. The number of fused-ring (bicyclic) bond motifs is 1. The van der Waals surface area contributed by atoms with E-state index in [1.165, 1.54) is 6.42 Å². The minimum absolute atomic E-state index is 0.0211. The number of likely N-dealkylation sites (tertiary alicyclic amines) is 1. The van der Waals surface area contributed by atoms with E-state index < -0.39 is 12.1 Å². The maximum Gasteiger partial charge on any atom is 0.226 e. The quantitative estimate of drug-likeness (QED) is 0.788. The Morgan fingerprint density at radius 3 is 2.71 bits per heavy atom. The van der Waals surface area contributed by atoms with Crippen LogP contribution in [0.3, 0.4) is 0 Å². The molecule has 2 aliphatic heterocycles. The van der Waals surface area contributed by atoms with Crippen LogP contribution in [0.2, 0.25) is 0 Å². The van der Waals surface area contributed by atoms with Gasteiger partial charge in [0.1, 0.15) is 11.9 Å². The third kappa shape index (κ3) is 3.15. The number of anilines is 1. The van der Waals surface area contributed by atoms with Gasteiger partial charge >= 0.3 is 0 Å². The average Bonchev–Trinajstić information content (AvgIpc) is 3.17. The molecule has 150 valence electrons. The number of carbonyl (C=O) groups is 1. The molecule has 0 aromatic carbocycles. The zero-order valence-electron chi connectivity index (χ0n) is 16.4. The van der Waals surface area contributed by atoms with Gasteiger partial charge in [-0.25, -0.2) is 4.98 Å². The number of nitriles is 1. The lowest BCUT2D eigenvalue weighted by atomic mass is 9.64. The Bertz CT molecular complexity index is 772. The van der Waals surface area contributed by atoms with Crippen LogP contribution in [0.5, 0.6) is 0 Å². The van der Waals surface area contributed by atoms with Gasteiger partial charge in [-0.1, -0.05) is 6.92 Å². The molecular weight excluding hydrogens is 354 g/mol. The van der Waals surface area contributed by atoms with Crippen molar-refractivity contribution in [1.29, 1.82) is 5.26 Å². The van der Waals surface area contributed by atoms with Gasteiger partial charge in [-0.2, -0.15) is 5.26 Å². The molecule has 3 N–H and O–H groups in total. The first-order valence-electron chi connectivity index (χ1n) is 10.4. The fraction of sp³-hybridized carbons (Fsp3) is 0.667. The summed E-state index contributed by atoms with van der Waals surface area (Å²) >= 11 is 0. The Labute approximate surface area is 166 Å². The second-order valence-electron chi connectivity index (χ2n) is 8.56. The standard InChI is InChI=1S/C21H29N5O2/c1-13-17(21(28)25-8-3-2-4-9-25)15-11-26(12-16(15)19(27)18(13)23)20-14(10-22)6-5-7-24-20/h5-7,13,15-19,27H,2-4,8-9,11-12,23H2,1H3/t13-,15+,16+,17+,18+,19+/m1/s1. The Kier molecular flexibility index (Phi) is 5.26. The van der Waals surface area contributed by atoms with Crippen molar-refractivity contribution in [3.63, 3.8) is 0 Å². The highest BCUT2D eigenvalue weighted by molar-refractivity contribution is 5.80. The summed E-state index contributed by atoms with van der Waals surface area (Å²) in [6.07, 6.45) is 4.32. The molecule has 1 saturated carbocycles. The van der Waals surface area contributed by atoms with Crippen LogP contribution in [0.25, 0.3) is 0 Å². The number of hydrogen-bond donors (Lipinski definition) is 2. The first-order chi connectivity index (χ1) is 13.5. The second-order valence-corrected chi connectivity index (χ2v) is 8.56. The van der Waals surface area contributed by atoms with Crippen molar-refractivity contribution in [1.82, 2.24) is 9.88 Å². The number of carbonyl (C=O) groups excluding carboxylic acids is 1. The molecular formula is C21H29N5O2. The maximum atomic E-state index is 13.4. The van der Waals surface area contributed by atoms with E-state index in [2.05, 4.69) is 16.0 Å². The molecule has 3 heterocycles. The van der Waals surface area contributed by atoms with Crippen molar-refractivity contribution in [3.05, 3.63) is 23.9 Å². The number of aliphatic hydroxyl groups excluding tert-OH is 1. The number of rotatable bonds is 2. The van der Waals surface area contributed by atoms with Crippen molar-refractivity contribution in [3.8, 4) is 6.07 Å². The van der Waals surface area contributed by atoms with Crippen LogP contribution in [-0.4, -0.2) is 59.2 Å². The van der Waals surface area contributed by atoms with E-state index in [-0.39, 0.29) is 29.6 Å². The minimum Gasteiger partial charge on any atom is -0.391 e. The molecule has 0 spiro atoms. The summed E-state index contributed by atoms with van der Waals surface area (Å²) in [4.78, 5) is 21.9. The lowest BCUT2D eigenvalue weighted by Gasteiger charge is -2.45. The first kappa shape index (κ1) is 19.2. The molecule has 1 aromatic heterocycles. The van der Waals surface area contributed by atoms with Crippen molar-refractivity contribution >= 4 is 11.7 Å². The van der Waals surface area contributed by atoms with Gasteiger partial charge in [0.15, 0.2) is 0 Å². The molecule has 0 bridgehead atoms. The van der Waals surface area contributed by atoms with E-state index in [0.717, 1.165) is 25.9 Å². The Balaban J connectivity index is 1.63. The van der Waals surface area contributed by atoms with Gasteiger partial charge in [0, 0.05) is 50.3 Å². The molecule has 2 saturated heterocycles. The molecule has 28 heavy (non-hydrogen) atoms. The van der Waals surface area contributed by atoms with E-state index in [9.17, 15) is 15.2 Å². The smallest absolute Gasteiger partial charge is 0.226 e. The molecule has 1 aliphatic carbocycles. The van der Waals surface area contributed by atoms with Gasteiger partial charge in [-0.15, -0.1) is 0 Å². The van der Waals surface area contributed by atoms with E-state index in [0.29, 0.717) is 24.5 Å². The SMILES string of the molecule is C[C@H]1[C@H](N)[C@@H](O)[C@H]2CN(c3ncccc3C#N)C[C@@H]2[C@H]1C(=O)N1CCCCC1. The second kappa shape index (κ2) is 7.69. The molecule has 6 atom stereocenters. The highest BCUT2D eigenvalue weighted by Crippen LogP contribution is 2.45. The number of aliphatic hydroxyl groups is 1. The third-order valence-corrected chi connectivity index (χ3v) is 7.04. The number of nitrogens with zero attached hydrogens (tertiary/aromatic N) is 4. The van der Waals surface area contributed by atoms with Crippen molar-refractivity contribution in [2.45, 2.75) is 38.3 Å². The van der Waals surface area contributed by atoms with Gasteiger partial charge in [0.05, 0.1) is 11.7 Å². The first-order valence-corrected chi connectivity index (χ1v) is 10.4. The van der Waals surface area contributed by atoms with Crippen LogP contribution >= 0.6 is 0 Å². The maximum absolute atomic E-state index is 13.4. The lowest BCUT2D eigenvalue weighted by Crippen LogP contribution is -2.59. The van der Waals surface area contributed by atoms with Gasteiger partial charge in [0.25, 0.3) is 0 Å². The van der Waals surface area contributed by atoms with Gasteiger partial charge in [-0.05, 0) is 43.2 Å². The lowest BCUT2D eigenvalue weighted by molar-refractivity contribution is -0.145. The average molecular weight is 383 g/mol. The predicted molar refractivity (Wildman–Crippen MR) is 105 cm³/mol. The highest BCUT2D eigenvalue weighted by Gasteiger charge is 2.54. The molecule has 7 heteroatoms. The molecule has 1 aromatic rings. The normalized spacial score (nSPS) is 35.4. The summed E-state index contributed by atoms with van der Waals surface area (Å²) < 4.78 is 0. The third-order valence-electron chi connectivity index (χ3n) is 7.04. The van der Waals surface area contributed by atoms with Crippen LogP contribution in [0.4, 0.5) is 5.82 Å². The molecule has 3 aliphatic rings. The zero-order chi connectivity index (χ0) is 19.8. The van der Waals surface area contributed by atoms with E-state index in [1.54, 1.807) is 18.3 Å². The van der Waals surface area contributed by atoms with Crippen LogP contribution in [-0.2, 0) is 4.79 Å². The fourth-order valence-corrected chi connectivity index (χ4v) is 5.46. The van der Waals surface area contributed by atoms with Crippen LogP contribution in [0.15, 0.2) is 18.3 Å². The fourth-order valence-electron chi connectivity index (χ4n) is 5.46. The largest absolute Gasteiger partial charge is 0.391 e. The molecule has 4 rings (SSSR count). The van der Waals surface area contributed by atoms with Gasteiger partial charge in [0.2, 0.25) is 5.91 Å². The predicted octanol–water partition coefficient (Wildman–Crippen LogP) is 0.972. The molecule has 0 unspecified atom stereocenters. The summed E-state index contributed by atoms with van der Waals surface area (Å²) in [6, 6.07) is 5.29. The number of aromatic nitrogens is 1. The minimum atomic E-state index is -0.648. The van der Waals surface area contributed by atoms with Crippen molar-refractivity contribution in [2.24, 2.45) is 29.4 Å². The van der Waals surface area contributed by atoms with Crippen LogP contribution < -0.4 is 10.6 Å². The summed E-state index contributed by atoms with van der Waals surface area (Å²) in [7, 11) is 0. The summed E-state index contributed by atoms with van der Waals surface area (Å²) in [5, 5.41) is 20.3. The molecule has 0 radical (unpaired) electrons. The number of hydrogen-bond acceptors (Lipinski definition) is 6. The van der Waals surface area contributed by atoms with Crippen LogP contribution in [0, 0.1) is 35.0 Å². The van der Waals surface area contributed by atoms with E-state index in [1.807, 2.05) is 11.8 Å². The van der Waals surface area contributed by atoms with Gasteiger partial charge in [-0.3, -0.25) is 4.79 Å². The Morgan fingerprint density at radius 2 is 2.00 bits per heavy atom. The summed E-state index contributed by atoms with van der Waals surface area (Å²) in [5.74, 6) is 0.488. The Hall–Kier alpha value is -2.17. The van der Waals surface area contributed by atoms with Crippen molar-refractivity contribution < 1.29 is 9.90 Å². The number of nitrogens with two attached hydrogens (primary N) is 1. The number of amides is 1. The molecule has 3 fully saturated rings. The summed E-state index contributed by atoms with van der Waals surface area (Å²) in [6.45, 7) is 4.83. The van der Waals surface area contributed by atoms with Crippen LogP contribution in [0.1, 0.15) is 31.7 Å².